The average Bonchev–Trinajstić information content (AvgIpc) is 2.45. The van der Waals surface area contributed by atoms with Crippen LogP contribution < -0.4 is 5.32 Å². The Morgan fingerprint density at radius 2 is 2.40 bits per heavy atom. The molecule has 0 aromatic heterocycles. The maximum Gasteiger partial charge on any atom is 0.324 e. The van der Waals surface area contributed by atoms with Crippen LogP contribution in [0.1, 0.15) is 12.5 Å². The van der Waals surface area contributed by atoms with E-state index in [0.29, 0.717) is 31.8 Å². The summed E-state index contributed by atoms with van der Waals surface area (Å²) in [6.45, 7) is 4.40. The van der Waals surface area contributed by atoms with E-state index in [1.54, 1.807) is 19.1 Å². The molecule has 1 saturated heterocycles. The van der Waals surface area contributed by atoms with Crippen molar-refractivity contribution < 1.29 is 13.9 Å². The molecule has 0 radical (unpaired) electrons. The molecule has 0 bridgehead atoms. The van der Waals surface area contributed by atoms with Gasteiger partial charge in [-0.05, 0) is 13.0 Å². The molecule has 0 saturated carbocycles. The van der Waals surface area contributed by atoms with E-state index in [9.17, 15) is 9.18 Å². The number of carbonyl (C=O) groups is 1. The van der Waals surface area contributed by atoms with Gasteiger partial charge in [0.15, 0.2) is 0 Å². The van der Waals surface area contributed by atoms with Crippen molar-refractivity contribution in [2.45, 2.75) is 19.5 Å². The van der Waals surface area contributed by atoms with Crippen LogP contribution in [0.3, 0.4) is 0 Å². The van der Waals surface area contributed by atoms with E-state index < -0.39 is 5.82 Å². The third kappa shape index (κ3) is 3.48. The molecule has 1 aliphatic heterocycles. The fourth-order valence-electron chi connectivity index (χ4n) is 2.30. The summed E-state index contributed by atoms with van der Waals surface area (Å²) in [5.74, 6) is -0.697. The number of ether oxygens (including phenoxy) is 1. The SMILES string of the molecule is CCOC(=O)C1CNCCN1Cc1cccc(Cl)c1F. The van der Waals surface area contributed by atoms with E-state index in [0.717, 1.165) is 6.54 Å². The lowest BCUT2D eigenvalue weighted by Gasteiger charge is -2.34. The first kappa shape index (κ1) is 15.2. The molecule has 4 nitrogen and oxygen atoms in total. The highest BCUT2D eigenvalue weighted by Crippen LogP contribution is 2.20. The minimum absolute atomic E-state index is 0.102. The molecule has 1 unspecified atom stereocenters. The molecule has 0 aliphatic carbocycles. The van der Waals surface area contributed by atoms with Crippen molar-refractivity contribution in [1.29, 1.82) is 0 Å². The summed E-state index contributed by atoms with van der Waals surface area (Å²) in [6.07, 6.45) is 0. The first-order valence-corrected chi connectivity index (χ1v) is 7.05. The smallest absolute Gasteiger partial charge is 0.324 e. The second-order valence-corrected chi connectivity index (χ2v) is 5.06. The fraction of sp³-hybridized carbons (Fsp3) is 0.500. The normalized spacial score (nSPS) is 19.9. The lowest BCUT2D eigenvalue weighted by atomic mass is 10.1. The van der Waals surface area contributed by atoms with Crippen molar-refractivity contribution in [3.63, 3.8) is 0 Å². The third-order valence-electron chi connectivity index (χ3n) is 3.32. The number of hydrogen-bond donors (Lipinski definition) is 1. The predicted molar refractivity (Wildman–Crippen MR) is 75.1 cm³/mol. The monoisotopic (exact) mass is 300 g/mol. The Labute approximate surface area is 122 Å². The van der Waals surface area contributed by atoms with Gasteiger partial charge in [-0.25, -0.2) is 4.39 Å². The predicted octanol–water partition coefficient (Wildman–Crippen LogP) is 1.82. The zero-order valence-corrected chi connectivity index (χ0v) is 12.1. The van der Waals surface area contributed by atoms with Crippen molar-refractivity contribution in [3.05, 3.63) is 34.6 Å². The molecule has 1 N–H and O–H groups in total. The van der Waals surface area contributed by atoms with Gasteiger partial charge in [0.25, 0.3) is 0 Å². The summed E-state index contributed by atoms with van der Waals surface area (Å²) in [6, 6.07) is 4.52. The highest BCUT2D eigenvalue weighted by molar-refractivity contribution is 6.30. The second kappa shape index (κ2) is 7.02. The Kier molecular flexibility index (Phi) is 5.34. The molecule has 6 heteroatoms. The van der Waals surface area contributed by atoms with Crippen LogP contribution in [0.2, 0.25) is 5.02 Å². The minimum Gasteiger partial charge on any atom is -0.465 e. The zero-order chi connectivity index (χ0) is 14.5. The van der Waals surface area contributed by atoms with Crippen LogP contribution in [-0.2, 0) is 16.1 Å². The molecule has 1 aromatic carbocycles. The fourth-order valence-corrected chi connectivity index (χ4v) is 2.49. The van der Waals surface area contributed by atoms with E-state index >= 15 is 0 Å². The summed E-state index contributed by atoms with van der Waals surface area (Å²) >= 11 is 5.78. The van der Waals surface area contributed by atoms with Crippen molar-refractivity contribution >= 4 is 17.6 Å². The van der Waals surface area contributed by atoms with E-state index in [4.69, 9.17) is 16.3 Å². The summed E-state index contributed by atoms with van der Waals surface area (Å²) in [7, 11) is 0. The van der Waals surface area contributed by atoms with Crippen LogP contribution in [0.5, 0.6) is 0 Å². The molecule has 1 atom stereocenters. The van der Waals surface area contributed by atoms with Gasteiger partial charge in [0.1, 0.15) is 11.9 Å². The number of halogens is 2. The Hall–Kier alpha value is -1.17. The van der Waals surface area contributed by atoms with Crippen LogP contribution in [-0.4, -0.2) is 43.2 Å². The lowest BCUT2D eigenvalue weighted by Crippen LogP contribution is -2.54. The number of nitrogens with one attached hydrogen (secondary N) is 1. The maximum atomic E-state index is 13.9. The first-order valence-electron chi connectivity index (χ1n) is 6.67. The Bertz CT molecular complexity index is 484. The van der Waals surface area contributed by atoms with E-state index in [-0.39, 0.29) is 17.0 Å². The van der Waals surface area contributed by atoms with Gasteiger partial charge in [0.05, 0.1) is 11.6 Å². The molecule has 20 heavy (non-hydrogen) atoms. The number of carbonyl (C=O) groups excluding carboxylic acids is 1. The van der Waals surface area contributed by atoms with Gasteiger partial charge < -0.3 is 10.1 Å². The Balaban J connectivity index is 2.12. The number of esters is 1. The zero-order valence-electron chi connectivity index (χ0n) is 11.4. The molecule has 1 aliphatic rings. The van der Waals surface area contributed by atoms with Gasteiger partial charge in [-0.15, -0.1) is 0 Å². The molecule has 1 fully saturated rings. The number of nitrogens with zero attached hydrogens (tertiary/aromatic N) is 1. The topological polar surface area (TPSA) is 41.6 Å². The summed E-state index contributed by atoms with van der Waals surface area (Å²) in [5.41, 5.74) is 0.494. The summed E-state index contributed by atoms with van der Waals surface area (Å²) in [5, 5.41) is 3.26. The highest BCUT2D eigenvalue weighted by atomic mass is 35.5. The molecule has 0 amide bonds. The number of benzene rings is 1. The third-order valence-corrected chi connectivity index (χ3v) is 3.61. The number of hydrogen-bond acceptors (Lipinski definition) is 4. The molecular formula is C14H18ClFN2O2. The molecular weight excluding hydrogens is 283 g/mol. The minimum atomic E-state index is -0.421. The lowest BCUT2D eigenvalue weighted by molar-refractivity contribution is -0.150. The van der Waals surface area contributed by atoms with Crippen molar-refractivity contribution in [3.8, 4) is 0 Å². The molecule has 110 valence electrons. The summed E-state index contributed by atoms with van der Waals surface area (Å²) < 4.78 is 19.0. The maximum absolute atomic E-state index is 13.9. The van der Waals surface area contributed by atoms with E-state index in [1.807, 2.05) is 4.90 Å². The Morgan fingerprint density at radius 1 is 1.60 bits per heavy atom. The molecule has 0 spiro atoms. The number of piperazine rings is 1. The van der Waals surface area contributed by atoms with Crippen molar-refractivity contribution in [1.82, 2.24) is 10.2 Å². The Morgan fingerprint density at radius 3 is 3.15 bits per heavy atom. The van der Waals surface area contributed by atoms with Crippen LogP contribution in [0.4, 0.5) is 4.39 Å². The average molecular weight is 301 g/mol. The van der Waals surface area contributed by atoms with Crippen LogP contribution in [0, 0.1) is 5.82 Å². The second-order valence-electron chi connectivity index (χ2n) is 4.66. The van der Waals surface area contributed by atoms with Crippen molar-refractivity contribution in [2.75, 3.05) is 26.2 Å². The van der Waals surface area contributed by atoms with E-state index in [2.05, 4.69) is 5.32 Å². The molecule has 1 heterocycles. The first-order chi connectivity index (χ1) is 9.63. The van der Waals surface area contributed by atoms with Gasteiger partial charge in [0.2, 0.25) is 0 Å². The van der Waals surface area contributed by atoms with Crippen molar-refractivity contribution in [2.24, 2.45) is 0 Å². The largest absolute Gasteiger partial charge is 0.465 e. The van der Waals surface area contributed by atoms with Gasteiger partial charge in [-0.3, -0.25) is 9.69 Å². The van der Waals surface area contributed by atoms with Crippen LogP contribution in [0.15, 0.2) is 18.2 Å². The quantitative estimate of drug-likeness (QED) is 0.861. The highest BCUT2D eigenvalue weighted by Gasteiger charge is 2.30. The number of rotatable bonds is 4. The molecule has 1 aromatic rings. The van der Waals surface area contributed by atoms with Gasteiger partial charge in [-0.2, -0.15) is 0 Å². The van der Waals surface area contributed by atoms with Gasteiger partial charge in [0, 0.05) is 31.7 Å². The summed E-state index contributed by atoms with van der Waals surface area (Å²) in [4.78, 5) is 13.8. The van der Waals surface area contributed by atoms with Gasteiger partial charge in [-0.1, -0.05) is 23.7 Å². The van der Waals surface area contributed by atoms with Crippen LogP contribution >= 0.6 is 11.6 Å². The van der Waals surface area contributed by atoms with Crippen LogP contribution in [0.25, 0.3) is 0 Å². The van der Waals surface area contributed by atoms with Gasteiger partial charge >= 0.3 is 5.97 Å². The standard InChI is InChI=1S/C14H18ClFN2O2/c1-2-20-14(19)12-8-17-6-7-18(12)9-10-4-3-5-11(15)13(10)16/h3-5,12,17H,2,6-9H2,1H3. The molecule has 2 rings (SSSR count). The van der Waals surface area contributed by atoms with E-state index in [1.165, 1.54) is 6.07 Å².